The van der Waals surface area contributed by atoms with Crippen LogP contribution in [-0.2, 0) is 6.61 Å². The van der Waals surface area contributed by atoms with Crippen LogP contribution in [0.2, 0.25) is 0 Å². The molecule has 1 N–H and O–H groups in total. The predicted octanol–water partition coefficient (Wildman–Crippen LogP) is 2.87. The third kappa shape index (κ3) is 4.11. The number of carbonyl (C=O) groups excluding carboxylic acids is 1. The largest absolute Gasteiger partial charge is 0.406 e. The smallest absolute Gasteiger partial charge is 0.295 e. The van der Waals surface area contributed by atoms with Crippen LogP contribution in [0.25, 0.3) is 0 Å². The molecule has 25 heavy (non-hydrogen) atoms. The fraction of sp³-hybridized carbons (Fsp3) is 0.0526. The third-order valence-corrected chi connectivity index (χ3v) is 3.47. The van der Waals surface area contributed by atoms with E-state index in [1.54, 1.807) is 6.07 Å². The first-order valence-corrected chi connectivity index (χ1v) is 7.59. The van der Waals surface area contributed by atoms with Crippen molar-refractivity contribution in [2.45, 2.75) is 6.61 Å². The number of carbonyl (C=O) groups is 1. The van der Waals surface area contributed by atoms with Crippen LogP contribution in [0.4, 0.5) is 10.1 Å². The molecule has 0 aliphatic rings. The molecule has 0 spiro atoms. The molecular weight excluding hydrogens is 323 g/mol. The molecule has 0 fully saturated rings. The number of pyridine rings is 1. The summed E-state index contributed by atoms with van der Waals surface area (Å²) in [7, 11) is 0. The molecular formula is C19H15FN2O3. The molecule has 3 aromatic rings. The third-order valence-electron chi connectivity index (χ3n) is 3.47. The Morgan fingerprint density at radius 2 is 1.72 bits per heavy atom. The summed E-state index contributed by atoms with van der Waals surface area (Å²) in [5.74, 6) is -0.997. The molecule has 0 saturated carbocycles. The van der Waals surface area contributed by atoms with Crippen LogP contribution in [-0.4, -0.2) is 10.6 Å². The Morgan fingerprint density at radius 1 is 1.00 bits per heavy atom. The zero-order valence-electron chi connectivity index (χ0n) is 13.2. The second-order valence-electron chi connectivity index (χ2n) is 5.27. The Morgan fingerprint density at radius 3 is 2.44 bits per heavy atom. The number of nitrogens with one attached hydrogen (secondary N) is 1. The van der Waals surface area contributed by atoms with E-state index >= 15 is 0 Å². The number of hydrogen-bond acceptors (Lipinski definition) is 3. The zero-order chi connectivity index (χ0) is 17.6. The molecule has 0 radical (unpaired) electrons. The van der Waals surface area contributed by atoms with E-state index in [2.05, 4.69) is 5.32 Å². The normalized spacial score (nSPS) is 10.3. The Kier molecular flexibility index (Phi) is 4.89. The zero-order valence-corrected chi connectivity index (χ0v) is 13.2. The fourth-order valence-electron chi connectivity index (χ4n) is 2.20. The number of benzene rings is 2. The lowest BCUT2D eigenvalue weighted by atomic mass is 10.2. The highest BCUT2D eigenvalue weighted by molar-refractivity contribution is 6.03. The van der Waals surface area contributed by atoms with E-state index < -0.39 is 17.3 Å². The van der Waals surface area contributed by atoms with Crippen LogP contribution in [0.1, 0.15) is 15.9 Å². The van der Waals surface area contributed by atoms with Gasteiger partial charge in [0.15, 0.2) is 0 Å². The van der Waals surface area contributed by atoms with Gasteiger partial charge < -0.3 is 10.2 Å². The maximum absolute atomic E-state index is 12.9. The van der Waals surface area contributed by atoms with Crippen molar-refractivity contribution in [2.24, 2.45) is 0 Å². The molecule has 5 nitrogen and oxygen atoms in total. The van der Waals surface area contributed by atoms with Crippen LogP contribution >= 0.6 is 0 Å². The maximum Gasteiger partial charge on any atom is 0.295 e. The van der Waals surface area contributed by atoms with Crippen LogP contribution in [0.15, 0.2) is 77.7 Å². The van der Waals surface area contributed by atoms with E-state index in [-0.39, 0.29) is 12.2 Å². The predicted molar refractivity (Wildman–Crippen MR) is 91.8 cm³/mol. The van der Waals surface area contributed by atoms with Crippen LogP contribution in [0.3, 0.4) is 0 Å². The SMILES string of the molecule is O=C(Nc1ccc(F)cc1)c1cccn(OCc2ccccc2)c1=O. The van der Waals surface area contributed by atoms with Gasteiger partial charge in [0.1, 0.15) is 18.0 Å². The average Bonchev–Trinajstić information content (AvgIpc) is 2.63. The molecule has 2 aromatic carbocycles. The van der Waals surface area contributed by atoms with Gasteiger partial charge in [0.05, 0.1) is 0 Å². The Labute approximate surface area is 143 Å². The first kappa shape index (κ1) is 16.4. The van der Waals surface area contributed by atoms with E-state index in [9.17, 15) is 14.0 Å². The van der Waals surface area contributed by atoms with E-state index in [0.717, 1.165) is 10.3 Å². The standard InChI is InChI=1S/C19H15FN2O3/c20-15-8-10-16(11-9-15)21-18(23)17-7-4-12-22(19(17)24)25-13-14-5-2-1-3-6-14/h1-12H,13H2,(H,21,23). The van der Waals surface area contributed by atoms with Crippen molar-refractivity contribution in [2.75, 3.05) is 5.32 Å². The van der Waals surface area contributed by atoms with E-state index in [1.807, 2.05) is 30.3 Å². The highest BCUT2D eigenvalue weighted by Crippen LogP contribution is 2.09. The Hall–Kier alpha value is -3.41. The first-order valence-electron chi connectivity index (χ1n) is 7.59. The van der Waals surface area contributed by atoms with E-state index in [0.29, 0.717) is 5.69 Å². The molecule has 0 atom stereocenters. The molecule has 0 aliphatic heterocycles. The minimum atomic E-state index is -0.589. The molecule has 6 heteroatoms. The van der Waals surface area contributed by atoms with Crippen molar-refractivity contribution in [3.8, 4) is 0 Å². The fourth-order valence-corrected chi connectivity index (χ4v) is 2.20. The molecule has 3 rings (SSSR count). The lowest BCUT2D eigenvalue weighted by molar-refractivity contribution is 0.0863. The molecule has 0 saturated heterocycles. The van der Waals surface area contributed by atoms with Crippen molar-refractivity contribution in [1.82, 2.24) is 4.73 Å². The van der Waals surface area contributed by atoms with Crippen molar-refractivity contribution < 1.29 is 14.0 Å². The lowest BCUT2D eigenvalue weighted by Crippen LogP contribution is -2.32. The second kappa shape index (κ2) is 7.44. The summed E-state index contributed by atoms with van der Waals surface area (Å²) >= 11 is 0. The van der Waals surface area contributed by atoms with E-state index in [4.69, 9.17) is 4.84 Å². The molecule has 0 bridgehead atoms. The summed E-state index contributed by atoms with van der Waals surface area (Å²) in [6, 6.07) is 17.6. The summed E-state index contributed by atoms with van der Waals surface area (Å²) in [6.07, 6.45) is 1.44. The number of halogens is 1. The van der Waals surface area contributed by atoms with Gasteiger partial charge >= 0.3 is 0 Å². The summed E-state index contributed by atoms with van der Waals surface area (Å²) in [6.45, 7) is 0.198. The van der Waals surface area contributed by atoms with Crippen LogP contribution in [0, 0.1) is 5.82 Å². The van der Waals surface area contributed by atoms with Crippen molar-refractivity contribution >= 4 is 11.6 Å². The Bertz CT molecular complexity index is 921. The van der Waals surface area contributed by atoms with Crippen molar-refractivity contribution in [3.63, 3.8) is 0 Å². The minimum absolute atomic E-state index is 0.0695. The van der Waals surface area contributed by atoms with Gasteiger partial charge in [0.2, 0.25) is 0 Å². The number of anilines is 1. The van der Waals surface area contributed by atoms with Gasteiger partial charge in [-0.05, 0) is 42.0 Å². The molecule has 1 aromatic heterocycles. The highest BCUT2D eigenvalue weighted by Gasteiger charge is 2.13. The van der Waals surface area contributed by atoms with Gasteiger partial charge in [-0.15, -0.1) is 0 Å². The van der Waals surface area contributed by atoms with E-state index in [1.165, 1.54) is 36.5 Å². The number of hydrogen-bond donors (Lipinski definition) is 1. The van der Waals surface area contributed by atoms with Crippen molar-refractivity contribution in [1.29, 1.82) is 0 Å². The van der Waals surface area contributed by atoms with Gasteiger partial charge in [0.25, 0.3) is 11.5 Å². The highest BCUT2D eigenvalue weighted by atomic mass is 19.1. The van der Waals surface area contributed by atoms with Gasteiger partial charge in [-0.2, -0.15) is 4.73 Å². The van der Waals surface area contributed by atoms with Gasteiger partial charge in [0, 0.05) is 11.9 Å². The number of aromatic nitrogens is 1. The molecule has 1 heterocycles. The quantitative estimate of drug-likeness (QED) is 0.778. The monoisotopic (exact) mass is 338 g/mol. The summed E-state index contributed by atoms with van der Waals surface area (Å²) in [5, 5.41) is 2.55. The molecule has 1 amide bonds. The second-order valence-corrected chi connectivity index (χ2v) is 5.27. The summed E-state index contributed by atoms with van der Waals surface area (Å²) < 4.78 is 13.9. The van der Waals surface area contributed by atoms with Gasteiger partial charge in [-0.25, -0.2) is 4.39 Å². The topological polar surface area (TPSA) is 60.3 Å². The number of amides is 1. The first-order chi connectivity index (χ1) is 12.1. The van der Waals surface area contributed by atoms with Gasteiger partial charge in [-0.3, -0.25) is 9.59 Å². The molecule has 0 unspecified atom stereocenters. The minimum Gasteiger partial charge on any atom is -0.406 e. The van der Waals surface area contributed by atoms with Gasteiger partial charge in [-0.1, -0.05) is 30.3 Å². The molecule has 126 valence electrons. The number of nitrogens with zero attached hydrogens (tertiary/aromatic N) is 1. The summed E-state index contributed by atoms with van der Waals surface area (Å²) in [4.78, 5) is 30.1. The average molecular weight is 338 g/mol. The maximum atomic E-state index is 12.9. The van der Waals surface area contributed by atoms with Crippen molar-refractivity contribution in [3.05, 3.63) is 100 Å². The van der Waals surface area contributed by atoms with Crippen LogP contribution < -0.4 is 15.7 Å². The lowest BCUT2D eigenvalue weighted by Gasteiger charge is -2.10. The van der Waals surface area contributed by atoms with Crippen LogP contribution in [0.5, 0.6) is 0 Å². The number of rotatable bonds is 5. The Balaban J connectivity index is 1.75. The molecule has 0 aliphatic carbocycles. The summed E-state index contributed by atoms with van der Waals surface area (Å²) in [5.41, 5.74) is 0.653.